The second kappa shape index (κ2) is 5.36. The molecule has 0 bridgehead atoms. The summed E-state index contributed by atoms with van der Waals surface area (Å²) in [4.78, 5) is 4.39. The molecular formula is C11H16N2. The van der Waals surface area contributed by atoms with Crippen LogP contribution in [0.1, 0.15) is 19.4 Å². The third-order valence-corrected chi connectivity index (χ3v) is 1.77. The van der Waals surface area contributed by atoms with E-state index in [9.17, 15) is 0 Å². The van der Waals surface area contributed by atoms with Gasteiger partial charge in [0, 0.05) is 6.54 Å². The second-order valence-corrected chi connectivity index (χ2v) is 2.92. The summed E-state index contributed by atoms with van der Waals surface area (Å²) in [7, 11) is 0. The van der Waals surface area contributed by atoms with Gasteiger partial charge in [-0.2, -0.15) is 0 Å². The zero-order valence-corrected chi connectivity index (χ0v) is 8.25. The fraction of sp³-hybridized carbons (Fsp3) is 0.364. The first-order chi connectivity index (χ1) is 6.33. The van der Waals surface area contributed by atoms with E-state index in [1.807, 2.05) is 25.1 Å². The first-order valence-corrected chi connectivity index (χ1v) is 4.61. The molecule has 0 amide bonds. The summed E-state index contributed by atoms with van der Waals surface area (Å²) in [5.74, 6) is 1.01. The highest BCUT2D eigenvalue weighted by Crippen LogP contribution is 1.99. The molecule has 0 radical (unpaired) electrons. The quantitative estimate of drug-likeness (QED) is 0.554. The molecule has 0 saturated heterocycles. The Morgan fingerprint density at radius 2 is 2.00 bits per heavy atom. The van der Waals surface area contributed by atoms with Gasteiger partial charge in [-0.25, -0.2) is 0 Å². The molecular weight excluding hydrogens is 160 g/mol. The first kappa shape index (κ1) is 9.78. The number of nitrogens with one attached hydrogen (secondary N) is 1. The fourth-order valence-electron chi connectivity index (χ4n) is 1.11. The molecule has 0 unspecified atom stereocenters. The van der Waals surface area contributed by atoms with Crippen LogP contribution >= 0.6 is 0 Å². The Morgan fingerprint density at radius 3 is 2.62 bits per heavy atom. The van der Waals surface area contributed by atoms with E-state index in [1.165, 1.54) is 5.56 Å². The van der Waals surface area contributed by atoms with Crippen LogP contribution in [-0.2, 0) is 6.54 Å². The third-order valence-electron chi connectivity index (χ3n) is 1.77. The standard InChI is InChI=1S/C11H16N2/c1-3-12-10(2)13-9-11-7-5-4-6-8-11/h4-8H,3,9H2,1-2H3,(H,12,13). The lowest BCUT2D eigenvalue weighted by Gasteiger charge is -2.01. The molecule has 13 heavy (non-hydrogen) atoms. The lowest BCUT2D eigenvalue weighted by Crippen LogP contribution is -2.19. The number of amidine groups is 1. The van der Waals surface area contributed by atoms with Crippen molar-refractivity contribution in [3.8, 4) is 0 Å². The summed E-state index contributed by atoms with van der Waals surface area (Å²) in [6.07, 6.45) is 0. The maximum atomic E-state index is 4.39. The van der Waals surface area contributed by atoms with Gasteiger partial charge in [0.05, 0.1) is 12.4 Å². The van der Waals surface area contributed by atoms with Crippen molar-refractivity contribution in [2.45, 2.75) is 20.4 Å². The van der Waals surface area contributed by atoms with Crippen molar-refractivity contribution < 1.29 is 0 Å². The van der Waals surface area contributed by atoms with Crippen molar-refractivity contribution in [2.75, 3.05) is 6.54 Å². The Labute approximate surface area is 79.7 Å². The highest BCUT2D eigenvalue weighted by molar-refractivity contribution is 5.79. The van der Waals surface area contributed by atoms with Crippen LogP contribution in [0.4, 0.5) is 0 Å². The minimum Gasteiger partial charge on any atom is -0.374 e. The van der Waals surface area contributed by atoms with E-state index in [0.717, 1.165) is 18.9 Å². The molecule has 0 spiro atoms. The van der Waals surface area contributed by atoms with Gasteiger partial charge in [0.2, 0.25) is 0 Å². The average molecular weight is 176 g/mol. The Morgan fingerprint density at radius 1 is 1.31 bits per heavy atom. The van der Waals surface area contributed by atoms with Crippen molar-refractivity contribution >= 4 is 5.84 Å². The highest BCUT2D eigenvalue weighted by atomic mass is 15.0. The summed E-state index contributed by atoms with van der Waals surface area (Å²) in [5, 5.41) is 3.17. The molecule has 0 atom stereocenters. The van der Waals surface area contributed by atoms with Gasteiger partial charge in [-0.05, 0) is 19.4 Å². The van der Waals surface area contributed by atoms with Crippen LogP contribution in [-0.4, -0.2) is 12.4 Å². The van der Waals surface area contributed by atoms with Crippen LogP contribution in [0, 0.1) is 0 Å². The minimum atomic E-state index is 0.764. The predicted octanol–water partition coefficient (Wildman–Crippen LogP) is 2.21. The summed E-state index contributed by atoms with van der Waals surface area (Å²) < 4.78 is 0. The first-order valence-electron chi connectivity index (χ1n) is 4.61. The molecule has 0 aromatic heterocycles. The second-order valence-electron chi connectivity index (χ2n) is 2.92. The number of aliphatic imine (C=N–C) groups is 1. The van der Waals surface area contributed by atoms with Gasteiger partial charge in [0.25, 0.3) is 0 Å². The van der Waals surface area contributed by atoms with Crippen LogP contribution in [0.25, 0.3) is 0 Å². The summed E-state index contributed by atoms with van der Waals surface area (Å²) in [5.41, 5.74) is 1.25. The van der Waals surface area contributed by atoms with E-state index in [1.54, 1.807) is 0 Å². The average Bonchev–Trinajstić information content (AvgIpc) is 2.17. The highest BCUT2D eigenvalue weighted by Gasteiger charge is 1.89. The molecule has 1 aromatic rings. The van der Waals surface area contributed by atoms with Gasteiger partial charge in [0.15, 0.2) is 0 Å². The molecule has 0 saturated carbocycles. The van der Waals surface area contributed by atoms with Crippen LogP contribution < -0.4 is 5.32 Å². The topological polar surface area (TPSA) is 24.4 Å². The summed E-state index contributed by atoms with van der Waals surface area (Å²) in [6.45, 7) is 5.76. The normalized spacial score (nSPS) is 11.4. The lowest BCUT2D eigenvalue weighted by atomic mass is 10.2. The number of nitrogens with zero attached hydrogens (tertiary/aromatic N) is 1. The Balaban J connectivity index is 2.47. The molecule has 70 valence electrons. The maximum absolute atomic E-state index is 4.39. The van der Waals surface area contributed by atoms with Crippen molar-refractivity contribution in [1.29, 1.82) is 0 Å². The van der Waals surface area contributed by atoms with Crippen LogP contribution in [0.15, 0.2) is 35.3 Å². The smallest absolute Gasteiger partial charge is 0.0935 e. The summed E-state index contributed by atoms with van der Waals surface area (Å²) in [6, 6.07) is 10.3. The van der Waals surface area contributed by atoms with Crippen molar-refractivity contribution in [3.05, 3.63) is 35.9 Å². The molecule has 0 aliphatic rings. The third kappa shape index (κ3) is 3.74. The molecule has 2 heteroatoms. The number of hydrogen-bond acceptors (Lipinski definition) is 1. The Hall–Kier alpha value is -1.31. The lowest BCUT2D eigenvalue weighted by molar-refractivity contribution is 0.932. The van der Waals surface area contributed by atoms with Gasteiger partial charge in [-0.1, -0.05) is 30.3 Å². The largest absolute Gasteiger partial charge is 0.374 e. The molecule has 1 rings (SSSR count). The van der Waals surface area contributed by atoms with E-state index in [4.69, 9.17) is 0 Å². The van der Waals surface area contributed by atoms with Gasteiger partial charge >= 0.3 is 0 Å². The predicted molar refractivity (Wildman–Crippen MR) is 56.9 cm³/mol. The van der Waals surface area contributed by atoms with Crippen molar-refractivity contribution in [2.24, 2.45) is 4.99 Å². The molecule has 0 fully saturated rings. The van der Waals surface area contributed by atoms with E-state index in [-0.39, 0.29) is 0 Å². The number of hydrogen-bond donors (Lipinski definition) is 1. The molecule has 0 aliphatic heterocycles. The SMILES string of the molecule is CCNC(C)=NCc1ccccc1. The van der Waals surface area contributed by atoms with Crippen molar-refractivity contribution in [3.63, 3.8) is 0 Å². The van der Waals surface area contributed by atoms with E-state index < -0.39 is 0 Å². The van der Waals surface area contributed by atoms with Gasteiger partial charge in [-0.15, -0.1) is 0 Å². The van der Waals surface area contributed by atoms with Crippen molar-refractivity contribution in [1.82, 2.24) is 5.32 Å². The molecule has 0 aliphatic carbocycles. The number of benzene rings is 1. The molecule has 1 N–H and O–H groups in total. The Bertz CT molecular complexity index is 265. The van der Waals surface area contributed by atoms with Gasteiger partial charge < -0.3 is 5.32 Å². The molecule has 1 aromatic carbocycles. The van der Waals surface area contributed by atoms with Crippen LogP contribution in [0.2, 0.25) is 0 Å². The zero-order valence-electron chi connectivity index (χ0n) is 8.25. The Kier molecular flexibility index (Phi) is 4.03. The summed E-state index contributed by atoms with van der Waals surface area (Å²) >= 11 is 0. The van der Waals surface area contributed by atoms with E-state index >= 15 is 0 Å². The van der Waals surface area contributed by atoms with E-state index in [2.05, 4.69) is 29.4 Å². The van der Waals surface area contributed by atoms with Gasteiger partial charge in [0.1, 0.15) is 0 Å². The monoisotopic (exact) mass is 176 g/mol. The fourth-order valence-corrected chi connectivity index (χ4v) is 1.11. The molecule has 2 nitrogen and oxygen atoms in total. The zero-order chi connectivity index (χ0) is 9.52. The maximum Gasteiger partial charge on any atom is 0.0935 e. The molecule has 0 heterocycles. The van der Waals surface area contributed by atoms with Gasteiger partial charge in [-0.3, -0.25) is 4.99 Å². The van der Waals surface area contributed by atoms with Crippen LogP contribution in [0.3, 0.4) is 0 Å². The van der Waals surface area contributed by atoms with E-state index in [0.29, 0.717) is 0 Å². The minimum absolute atomic E-state index is 0.764. The number of rotatable bonds is 3. The van der Waals surface area contributed by atoms with Crippen LogP contribution in [0.5, 0.6) is 0 Å².